The second-order valence-electron chi connectivity index (χ2n) is 7.66. The van der Waals surface area contributed by atoms with E-state index in [0.717, 1.165) is 6.42 Å². The molecular formula is C17H28N2O5S2. The Hall–Kier alpha value is -1.16. The van der Waals surface area contributed by atoms with Gasteiger partial charge in [0.2, 0.25) is 20.0 Å². The van der Waals surface area contributed by atoms with E-state index in [1.54, 1.807) is 0 Å². The van der Waals surface area contributed by atoms with Crippen molar-refractivity contribution in [3.05, 3.63) is 24.3 Å². The summed E-state index contributed by atoms with van der Waals surface area (Å²) in [5.41, 5.74) is 0.166. The van der Waals surface area contributed by atoms with Crippen molar-refractivity contribution >= 4 is 25.7 Å². The SMILES string of the molecule is CC(C)(C)[C@@H](O)CCNS(=O)(=O)c1ccc(N2CCCCS2(=O)=O)cc1. The number of nitrogens with zero attached hydrogens (tertiary/aromatic N) is 1. The molecule has 1 heterocycles. The molecule has 148 valence electrons. The monoisotopic (exact) mass is 404 g/mol. The number of nitrogens with one attached hydrogen (secondary N) is 1. The number of hydrogen-bond donors (Lipinski definition) is 2. The highest BCUT2D eigenvalue weighted by Crippen LogP contribution is 2.25. The summed E-state index contributed by atoms with van der Waals surface area (Å²) in [6.45, 7) is 6.21. The minimum Gasteiger partial charge on any atom is -0.393 e. The van der Waals surface area contributed by atoms with Crippen LogP contribution in [0.4, 0.5) is 5.69 Å². The number of aliphatic hydroxyl groups excluding tert-OH is 1. The van der Waals surface area contributed by atoms with Gasteiger partial charge in [-0.05, 0) is 48.9 Å². The summed E-state index contributed by atoms with van der Waals surface area (Å²) in [5, 5.41) is 9.99. The first-order valence-electron chi connectivity index (χ1n) is 8.72. The second-order valence-corrected chi connectivity index (χ2v) is 11.4. The molecule has 26 heavy (non-hydrogen) atoms. The van der Waals surface area contributed by atoms with Gasteiger partial charge in [-0.1, -0.05) is 20.8 Å². The van der Waals surface area contributed by atoms with Gasteiger partial charge in [0, 0.05) is 13.1 Å². The number of benzene rings is 1. The zero-order valence-electron chi connectivity index (χ0n) is 15.5. The first kappa shape index (κ1) is 21.1. The van der Waals surface area contributed by atoms with Crippen LogP contribution in [0.25, 0.3) is 0 Å². The molecule has 1 aromatic rings. The minimum absolute atomic E-state index is 0.0703. The summed E-state index contributed by atoms with van der Waals surface area (Å²) >= 11 is 0. The van der Waals surface area contributed by atoms with Crippen LogP contribution >= 0.6 is 0 Å². The Morgan fingerprint density at radius 2 is 1.81 bits per heavy atom. The molecule has 2 rings (SSSR count). The first-order chi connectivity index (χ1) is 11.9. The predicted octanol–water partition coefficient (Wildman–Crippen LogP) is 1.69. The molecule has 1 fully saturated rings. The third-order valence-electron chi connectivity index (χ3n) is 4.49. The fourth-order valence-corrected chi connectivity index (χ4v) is 5.40. The van der Waals surface area contributed by atoms with Crippen molar-refractivity contribution in [1.82, 2.24) is 4.72 Å². The van der Waals surface area contributed by atoms with E-state index in [9.17, 15) is 21.9 Å². The van der Waals surface area contributed by atoms with Crippen LogP contribution in [0, 0.1) is 5.41 Å². The van der Waals surface area contributed by atoms with Crippen LogP contribution in [0.15, 0.2) is 29.2 Å². The summed E-state index contributed by atoms with van der Waals surface area (Å²) in [7, 11) is -7.03. The maximum atomic E-state index is 12.4. The lowest BCUT2D eigenvalue weighted by atomic mass is 9.87. The molecule has 1 saturated heterocycles. The average molecular weight is 405 g/mol. The molecule has 0 aliphatic carbocycles. The lowest BCUT2D eigenvalue weighted by molar-refractivity contribution is 0.0571. The van der Waals surface area contributed by atoms with E-state index < -0.39 is 26.2 Å². The lowest BCUT2D eigenvalue weighted by Gasteiger charge is -2.28. The average Bonchev–Trinajstić information content (AvgIpc) is 2.53. The van der Waals surface area contributed by atoms with Gasteiger partial charge in [0.1, 0.15) is 0 Å². The Morgan fingerprint density at radius 1 is 1.19 bits per heavy atom. The molecule has 0 bridgehead atoms. The van der Waals surface area contributed by atoms with Gasteiger partial charge < -0.3 is 5.11 Å². The van der Waals surface area contributed by atoms with Crippen LogP contribution in [0.3, 0.4) is 0 Å². The third kappa shape index (κ3) is 5.18. The molecule has 1 aliphatic heterocycles. The van der Waals surface area contributed by atoms with E-state index in [1.807, 2.05) is 20.8 Å². The molecule has 9 heteroatoms. The van der Waals surface area contributed by atoms with E-state index >= 15 is 0 Å². The zero-order chi connectivity index (χ0) is 19.6. The Labute approximate surface area is 156 Å². The molecular weight excluding hydrogens is 376 g/mol. The molecule has 1 aromatic carbocycles. The molecule has 0 spiro atoms. The third-order valence-corrected chi connectivity index (χ3v) is 7.84. The fourth-order valence-electron chi connectivity index (χ4n) is 2.72. The number of rotatable bonds is 6. The van der Waals surface area contributed by atoms with Gasteiger partial charge in [0.15, 0.2) is 0 Å². The van der Waals surface area contributed by atoms with Gasteiger partial charge in [-0.25, -0.2) is 21.6 Å². The topological polar surface area (TPSA) is 104 Å². The highest BCUT2D eigenvalue weighted by Gasteiger charge is 2.26. The molecule has 0 amide bonds. The van der Waals surface area contributed by atoms with Gasteiger partial charge in [0.05, 0.1) is 22.4 Å². The van der Waals surface area contributed by atoms with Crippen molar-refractivity contribution in [2.45, 2.75) is 51.0 Å². The largest absolute Gasteiger partial charge is 0.393 e. The molecule has 0 radical (unpaired) electrons. The number of hydrogen-bond acceptors (Lipinski definition) is 5. The van der Waals surface area contributed by atoms with Crippen LogP contribution in [-0.2, 0) is 20.0 Å². The summed E-state index contributed by atoms with van der Waals surface area (Å²) < 4.78 is 52.8. The zero-order valence-corrected chi connectivity index (χ0v) is 17.1. The minimum atomic E-state index is -3.71. The second kappa shape index (κ2) is 7.84. The normalized spacial score (nSPS) is 19.3. The van der Waals surface area contributed by atoms with Gasteiger partial charge in [0.25, 0.3) is 0 Å². The molecule has 1 atom stereocenters. The van der Waals surface area contributed by atoms with Crippen LogP contribution in [0.1, 0.15) is 40.0 Å². The van der Waals surface area contributed by atoms with Crippen molar-refractivity contribution in [3.63, 3.8) is 0 Å². The van der Waals surface area contributed by atoms with Crippen molar-refractivity contribution in [2.24, 2.45) is 5.41 Å². The van der Waals surface area contributed by atoms with Crippen molar-refractivity contribution in [1.29, 1.82) is 0 Å². The molecule has 1 aliphatic rings. The van der Waals surface area contributed by atoms with E-state index in [1.165, 1.54) is 28.6 Å². The van der Waals surface area contributed by atoms with Crippen molar-refractivity contribution in [2.75, 3.05) is 23.1 Å². The van der Waals surface area contributed by atoms with Gasteiger partial charge >= 0.3 is 0 Å². The van der Waals surface area contributed by atoms with Crippen molar-refractivity contribution < 1.29 is 21.9 Å². The van der Waals surface area contributed by atoms with E-state index in [2.05, 4.69) is 4.72 Å². The first-order valence-corrected chi connectivity index (χ1v) is 11.8. The maximum absolute atomic E-state index is 12.4. The van der Waals surface area contributed by atoms with Gasteiger partial charge in [-0.15, -0.1) is 0 Å². The maximum Gasteiger partial charge on any atom is 0.240 e. The van der Waals surface area contributed by atoms with Gasteiger partial charge in [-0.2, -0.15) is 0 Å². The Kier molecular flexibility index (Phi) is 6.37. The Balaban J connectivity index is 2.05. The van der Waals surface area contributed by atoms with Crippen LogP contribution in [0.2, 0.25) is 0 Å². The fraction of sp³-hybridized carbons (Fsp3) is 0.647. The molecule has 0 saturated carbocycles. The van der Waals surface area contributed by atoms with E-state index in [0.29, 0.717) is 25.1 Å². The molecule has 7 nitrogen and oxygen atoms in total. The molecule has 2 N–H and O–H groups in total. The highest BCUT2D eigenvalue weighted by atomic mass is 32.2. The standard InChI is InChI=1S/C17H28N2O5S2/c1-17(2,3)16(20)10-11-18-26(23,24)15-8-6-14(7-9-15)19-12-4-5-13-25(19,21)22/h6-9,16,18,20H,4-5,10-13H2,1-3H3/t16-/m0/s1. The summed E-state index contributed by atoms with van der Waals surface area (Å²) in [4.78, 5) is 0.0703. The summed E-state index contributed by atoms with van der Waals surface area (Å²) in [6.07, 6.45) is 1.14. The Morgan fingerprint density at radius 3 is 2.35 bits per heavy atom. The van der Waals surface area contributed by atoms with Gasteiger partial charge in [-0.3, -0.25) is 4.31 Å². The summed E-state index contributed by atoms with van der Waals surface area (Å²) in [6, 6.07) is 5.84. The van der Waals surface area contributed by atoms with E-state index in [4.69, 9.17) is 0 Å². The summed E-state index contributed by atoms with van der Waals surface area (Å²) in [5.74, 6) is 0.116. The molecule has 0 aromatic heterocycles. The number of anilines is 1. The number of sulfonamides is 2. The van der Waals surface area contributed by atoms with Crippen LogP contribution in [-0.4, -0.2) is 46.9 Å². The number of aliphatic hydroxyl groups is 1. The molecule has 0 unspecified atom stereocenters. The van der Waals surface area contributed by atoms with Crippen LogP contribution < -0.4 is 9.03 Å². The quantitative estimate of drug-likeness (QED) is 0.751. The van der Waals surface area contributed by atoms with Crippen molar-refractivity contribution in [3.8, 4) is 0 Å². The van der Waals surface area contributed by atoms with E-state index in [-0.39, 0.29) is 22.6 Å². The van der Waals surface area contributed by atoms with Crippen LogP contribution in [0.5, 0.6) is 0 Å². The highest BCUT2D eigenvalue weighted by molar-refractivity contribution is 7.92. The smallest absolute Gasteiger partial charge is 0.240 e. The lowest BCUT2D eigenvalue weighted by Crippen LogP contribution is -2.37. The predicted molar refractivity (Wildman–Crippen MR) is 102 cm³/mol. The Bertz CT molecular complexity index is 812.